The van der Waals surface area contributed by atoms with Crippen LogP contribution >= 0.6 is 0 Å². The number of ether oxygens (including phenoxy) is 1. The summed E-state index contributed by atoms with van der Waals surface area (Å²) in [5.74, 6) is 0.864. The van der Waals surface area contributed by atoms with Crippen molar-refractivity contribution < 1.29 is 32.4 Å². The number of aromatic nitrogens is 1. The minimum Gasteiger partial charge on any atom is -0.484 e. The molecule has 216 valence electrons. The van der Waals surface area contributed by atoms with E-state index in [1.54, 1.807) is 18.3 Å². The van der Waals surface area contributed by atoms with Gasteiger partial charge in [0, 0.05) is 56.2 Å². The van der Waals surface area contributed by atoms with Crippen molar-refractivity contribution in [2.24, 2.45) is 5.92 Å². The summed E-state index contributed by atoms with van der Waals surface area (Å²) in [6.45, 7) is 2.68. The van der Waals surface area contributed by atoms with Crippen LogP contribution in [-0.2, 0) is 22.3 Å². The van der Waals surface area contributed by atoms with Gasteiger partial charge in [0.2, 0.25) is 5.82 Å². The number of hydrogen-bond donors (Lipinski definition) is 3. The Morgan fingerprint density at radius 2 is 1.76 bits per heavy atom. The lowest BCUT2D eigenvalue weighted by molar-refractivity contribution is -0.728. The molecular weight excluding hydrogens is 535 g/mol. The van der Waals surface area contributed by atoms with Crippen molar-refractivity contribution in [3.8, 4) is 16.9 Å². The van der Waals surface area contributed by atoms with Gasteiger partial charge in [-0.3, -0.25) is 9.69 Å². The molecule has 1 saturated carbocycles. The number of halogens is 3. The lowest BCUT2D eigenvalue weighted by atomic mass is 10.0. The van der Waals surface area contributed by atoms with Crippen LogP contribution in [0.3, 0.4) is 0 Å². The van der Waals surface area contributed by atoms with Crippen LogP contribution in [0.2, 0.25) is 0 Å². The quantitative estimate of drug-likeness (QED) is 0.368. The highest BCUT2D eigenvalue weighted by Gasteiger charge is 2.37. The van der Waals surface area contributed by atoms with Gasteiger partial charge in [-0.25, -0.2) is 14.7 Å². The third-order valence-corrected chi connectivity index (χ3v) is 7.33. The second-order valence-corrected chi connectivity index (χ2v) is 10.5. The summed E-state index contributed by atoms with van der Waals surface area (Å²) in [4.78, 5) is 31.8. The topological polar surface area (TPSA) is 88.0 Å². The Bertz CT molecular complexity index is 1370. The van der Waals surface area contributed by atoms with Gasteiger partial charge < -0.3 is 15.4 Å². The molecule has 2 aliphatic rings. The maximum atomic E-state index is 13.8. The second-order valence-electron chi connectivity index (χ2n) is 10.5. The van der Waals surface area contributed by atoms with Crippen molar-refractivity contribution in [1.29, 1.82) is 0 Å². The lowest BCUT2D eigenvalue weighted by Crippen LogP contribution is -3.07. The summed E-state index contributed by atoms with van der Waals surface area (Å²) in [7, 11) is 1.81. The van der Waals surface area contributed by atoms with Crippen molar-refractivity contribution in [1.82, 2.24) is 15.2 Å². The van der Waals surface area contributed by atoms with Crippen LogP contribution in [0, 0.1) is 5.92 Å². The summed E-state index contributed by atoms with van der Waals surface area (Å²) < 4.78 is 46.9. The summed E-state index contributed by atoms with van der Waals surface area (Å²) in [6, 6.07) is 14.7. The summed E-state index contributed by atoms with van der Waals surface area (Å²) >= 11 is 0. The van der Waals surface area contributed by atoms with Crippen LogP contribution in [0.5, 0.6) is 5.75 Å². The molecule has 1 saturated heterocycles. The Hall–Kier alpha value is -3.80. The average molecular weight is 569 g/mol. The van der Waals surface area contributed by atoms with Gasteiger partial charge in [0.05, 0.1) is 18.5 Å². The first kappa shape index (κ1) is 28.7. The SMILES string of the molecule is C[NH+](C(=O)C1CC1)c1ccc(-c2ccc(OCC(=O)Nc3ccc(CN4CCNCC4)c(C(F)(F)F)c3)cc2)cn1. The molecule has 1 aliphatic heterocycles. The van der Waals surface area contributed by atoms with Crippen LogP contribution in [0.25, 0.3) is 11.1 Å². The van der Waals surface area contributed by atoms with E-state index < -0.39 is 17.6 Å². The van der Waals surface area contributed by atoms with Crippen molar-refractivity contribution >= 4 is 23.3 Å². The molecule has 5 rings (SSSR count). The third kappa shape index (κ3) is 7.49. The van der Waals surface area contributed by atoms with Gasteiger partial charge >= 0.3 is 12.1 Å². The molecule has 2 fully saturated rings. The first-order chi connectivity index (χ1) is 19.7. The number of carbonyl (C=O) groups excluding carboxylic acids is 2. The van der Waals surface area contributed by atoms with Crippen molar-refractivity contribution in [2.75, 3.05) is 45.2 Å². The maximum Gasteiger partial charge on any atom is 0.416 e. The Morgan fingerprint density at radius 3 is 2.39 bits per heavy atom. The van der Waals surface area contributed by atoms with E-state index in [4.69, 9.17) is 4.74 Å². The van der Waals surface area contributed by atoms with Crippen LogP contribution in [0.15, 0.2) is 60.8 Å². The molecule has 0 bridgehead atoms. The van der Waals surface area contributed by atoms with Gasteiger partial charge in [-0.15, -0.1) is 0 Å². The monoisotopic (exact) mass is 568 g/mol. The van der Waals surface area contributed by atoms with Gasteiger partial charge in [-0.2, -0.15) is 13.2 Å². The molecule has 0 spiro atoms. The molecule has 2 aromatic carbocycles. The number of pyridine rings is 1. The Morgan fingerprint density at radius 1 is 1.05 bits per heavy atom. The Labute approximate surface area is 236 Å². The Kier molecular flexibility index (Phi) is 8.67. The predicted octanol–water partition coefficient (Wildman–Crippen LogP) is 3.27. The summed E-state index contributed by atoms with van der Waals surface area (Å²) in [6.07, 6.45) is -0.919. The van der Waals surface area contributed by atoms with Crippen molar-refractivity contribution in [3.05, 3.63) is 71.9 Å². The number of anilines is 1. The number of hydrogen-bond acceptors (Lipinski definition) is 6. The molecule has 1 atom stereocenters. The smallest absolute Gasteiger partial charge is 0.416 e. The Balaban J connectivity index is 1.15. The number of alkyl halides is 3. The largest absolute Gasteiger partial charge is 0.484 e. The first-order valence-electron chi connectivity index (χ1n) is 13.7. The van der Waals surface area contributed by atoms with Crippen LogP contribution in [0.4, 0.5) is 24.7 Å². The minimum absolute atomic E-state index is 0.0626. The molecule has 1 aromatic heterocycles. The summed E-state index contributed by atoms with van der Waals surface area (Å²) in [5.41, 5.74) is 1.24. The highest BCUT2D eigenvalue weighted by molar-refractivity contribution is 5.92. The highest BCUT2D eigenvalue weighted by Crippen LogP contribution is 2.34. The fourth-order valence-electron chi connectivity index (χ4n) is 4.82. The van der Waals surface area contributed by atoms with Crippen molar-refractivity contribution in [2.45, 2.75) is 25.6 Å². The zero-order valence-corrected chi connectivity index (χ0v) is 22.8. The van der Waals surface area contributed by atoms with E-state index >= 15 is 0 Å². The molecule has 41 heavy (non-hydrogen) atoms. The fourth-order valence-corrected chi connectivity index (χ4v) is 4.82. The van der Waals surface area contributed by atoms with E-state index in [0.717, 1.165) is 43.1 Å². The molecule has 11 heteroatoms. The highest BCUT2D eigenvalue weighted by atomic mass is 19.4. The van der Waals surface area contributed by atoms with E-state index in [1.165, 1.54) is 12.1 Å². The molecule has 1 unspecified atom stereocenters. The van der Waals surface area contributed by atoms with Gasteiger partial charge in [-0.05, 0) is 54.3 Å². The molecule has 1 aliphatic carbocycles. The molecule has 3 N–H and O–H groups in total. The molecule has 2 heterocycles. The molecule has 2 amide bonds. The second kappa shape index (κ2) is 12.4. The van der Waals surface area contributed by atoms with E-state index in [0.29, 0.717) is 29.6 Å². The van der Waals surface area contributed by atoms with E-state index in [2.05, 4.69) is 15.6 Å². The van der Waals surface area contributed by atoms with Crippen molar-refractivity contribution in [3.63, 3.8) is 0 Å². The number of amides is 2. The van der Waals surface area contributed by atoms with E-state index in [9.17, 15) is 22.8 Å². The van der Waals surface area contributed by atoms with Gasteiger partial charge in [0.15, 0.2) is 6.61 Å². The van der Waals surface area contributed by atoms with Crippen LogP contribution in [0.1, 0.15) is 24.0 Å². The predicted molar refractivity (Wildman–Crippen MR) is 148 cm³/mol. The number of carbonyl (C=O) groups is 2. The number of nitrogens with one attached hydrogen (secondary N) is 3. The van der Waals surface area contributed by atoms with Crippen LogP contribution < -0.4 is 20.3 Å². The number of piperazine rings is 1. The normalized spacial score (nSPS) is 16.7. The minimum atomic E-state index is -4.54. The van der Waals surface area contributed by atoms with Gasteiger partial charge in [0.1, 0.15) is 5.75 Å². The third-order valence-electron chi connectivity index (χ3n) is 7.33. The molecule has 0 radical (unpaired) electrons. The van der Waals surface area contributed by atoms with E-state index in [-0.39, 0.29) is 36.2 Å². The van der Waals surface area contributed by atoms with Crippen LogP contribution in [-0.4, -0.2) is 61.5 Å². The number of benzene rings is 2. The zero-order valence-electron chi connectivity index (χ0n) is 22.8. The van der Waals surface area contributed by atoms with Gasteiger partial charge in [-0.1, -0.05) is 18.2 Å². The number of nitrogens with zero attached hydrogens (tertiary/aromatic N) is 2. The lowest BCUT2D eigenvalue weighted by Gasteiger charge is -2.28. The molecule has 8 nitrogen and oxygen atoms in total. The molecule has 3 aromatic rings. The first-order valence-corrected chi connectivity index (χ1v) is 13.7. The number of rotatable bonds is 9. The number of quaternary nitrogens is 1. The summed E-state index contributed by atoms with van der Waals surface area (Å²) in [5, 5.41) is 5.69. The molecular formula is C30H33F3N5O3+. The maximum absolute atomic E-state index is 13.8. The van der Waals surface area contributed by atoms with Gasteiger partial charge in [0.25, 0.3) is 5.91 Å². The van der Waals surface area contributed by atoms with E-state index in [1.807, 2.05) is 36.2 Å². The standard InChI is InChI=1S/C30H32F3N5O3/c1-37(29(40)21-2-3-21)27-11-7-22(17-35-27)20-5-9-25(10-6-20)41-19-28(39)36-24-8-4-23(26(16-24)30(31,32)33)18-38-14-12-34-13-15-38/h4-11,16-17,21,34H,2-3,12-15,18-19H2,1H3,(H,36,39)/p+1. The zero-order chi connectivity index (χ0) is 29.0. The fraction of sp³-hybridized carbons (Fsp3) is 0.367. The average Bonchev–Trinajstić information content (AvgIpc) is 3.82.